The van der Waals surface area contributed by atoms with Gasteiger partial charge in [0.15, 0.2) is 4.77 Å². The van der Waals surface area contributed by atoms with Gasteiger partial charge >= 0.3 is 0 Å². The van der Waals surface area contributed by atoms with Gasteiger partial charge in [-0.1, -0.05) is 0 Å². The third-order valence-electron chi connectivity index (χ3n) is 3.84. The molecule has 9 nitrogen and oxygen atoms in total. The molecule has 0 aliphatic rings. The molecule has 1 N–H and O–H groups in total. The van der Waals surface area contributed by atoms with Gasteiger partial charge in [-0.05, 0) is 30.4 Å². The minimum atomic E-state index is -0.423. The number of carbonyl (C=O) groups excluding carboxylic acids is 1. The van der Waals surface area contributed by atoms with Crippen LogP contribution in [0.5, 0.6) is 11.8 Å². The Bertz CT molecular complexity index is 1130. The predicted molar refractivity (Wildman–Crippen MR) is 101 cm³/mol. The van der Waals surface area contributed by atoms with Gasteiger partial charge in [-0.3, -0.25) is 9.59 Å². The molecule has 0 unspecified atom stereocenters. The Kier molecular flexibility index (Phi) is 4.91. The highest BCUT2D eigenvalue weighted by molar-refractivity contribution is 7.71. The first-order valence-electron chi connectivity index (χ1n) is 7.84. The zero-order valence-electron chi connectivity index (χ0n) is 15.1. The number of aromatic amines is 1. The quantitative estimate of drug-likeness (QED) is 0.678. The first kappa shape index (κ1) is 18.5. The SMILES string of the molecule is COc1cc(OC)nc(-n2c(=S)[nH]c3cc(C(=O)N(C)C)ccc3c2=O)n1. The van der Waals surface area contributed by atoms with Crippen molar-refractivity contribution >= 4 is 29.0 Å². The minimum absolute atomic E-state index is 0.0211. The molecule has 0 fully saturated rings. The van der Waals surface area contributed by atoms with Gasteiger partial charge in [0.05, 0.1) is 31.2 Å². The molecule has 0 bridgehead atoms. The van der Waals surface area contributed by atoms with E-state index in [9.17, 15) is 9.59 Å². The maximum absolute atomic E-state index is 13.0. The molecule has 3 rings (SSSR count). The lowest BCUT2D eigenvalue weighted by Crippen LogP contribution is -2.24. The summed E-state index contributed by atoms with van der Waals surface area (Å²) in [5.74, 6) is 0.296. The van der Waals surface area contributed by atoms with Crippen LogP contribution in [0.1, 0.15) is 10.4 Å². The van der Waals surface area contributed by atoms with Crippen LogP contribution in [-0.4, -0.2) is 58.6 Å². The van der Waals surface area contributed by atoms with E-state index >= 15 is 0 Å². The van der Waals surface area contributed by atoms with E-state index in [1.165, 1.54) is 25.2 Å². The predicted octanol–water partition coefficient (Wildman–Crippen LogP) is 1.56. The lowest BCUT2D eigenvalue weighted by molar-refractivity contribution is 0.0827. The largest absolute Gasteiger partial charge is 0.481 e. The highest BCUT2D eigenvalue weighted by Gasteiger charge is 2.15. The highest BCUT2D eigenvalue weighted by atomic mass is 32.1. The zero-order valence-corrected chi connectivity index (χ0v) is 16.0. The molecule has 27 heavy (non-hydrogen) atoms. The van der Waals surface area contributed by atoms with Gasteiger partial charge in [-0.15, -0.1) is 0 Å². The third kappa shape index (κ3) is 3.38. The number of fused-ring (bicyclic) bond motifs is 1. The summed E-state index contributed by atoms with van der Waals surface area (Å²) in [5, 5.41) is 0.337. The summed E-state index contributed by atoms with van der Waals surface area (Å²) < 4.78 is 11.5. The second kappa shape index (κ2) is 7.16. The molecule has 0 aliphatic heterocycles. The van der Waals surface area contributed by atoms with Gasteiger partial charge in [0, 0.05) is 19.7 Å². The molecule has 0 spiro atoms. The first-order valence-corrected chi connectivity index (χ1v) is 8.24. The molecule has 2 heterocycles. The Morgan fingerprint density at radius 1 is 1.15 bits per heavy atom. The number of rotatable bonds is 4. The number of ether oxygens (including phenoxy) is 2. The third-order valence-corrected chi connectivity index (χ3v) is 4.12. The Morgan fingerprint density at radius 3 is 2.33 bits per heavy atom. The summed E-state index contributed by atoms with van der Waals surface area (Å²) in [6.45, 7) is 0. The molecule has 0 saturated carbocycles. The van der Waals surface area contributed by atoms with Crippen molar-refractivity contribution in [2.24, 2.45) is 0 Å². The summed E-state index contributed by atoms with van der Waals surface area (Å²) in [4.78, 5) is 37.9. The van der Waals surface area contributed by atoms with Crippen molar-refractivity contribution in [3.63, 3.8) is 0 Å². The molecule has 10 heteroatoms. The van der Waals surface area contributed by atoms with Crippen LogP contribution in [0.15, 0.2) is 29.1 Å². The van der Waals surface area contributed by atoms with Crippen LogP contribution in [0.3, 0.4) is 0 Å². The minimum Gasteiger partial charge on any atom is -0.481 e. The fourth-order valence-electron chi connectivity index (χ4n) is 2.49. The van der Waals surface area contributed by atoms with Gasteiger partial charge in [0.1, 0.15) is 0 Å². The van der Waals surface area contributed by atoms with Gasteiger partial charge in [0.25, 0.3) is 11.5 Å². The second-order valence-corrected chi connectivity index (χ2v) is 6.17. The van der Waals surface area contributed by atoms with Crippen molar-refractivity contribution in [2.75, 3.05) is 28.3 Å². The van der Waals surface area contributed by atoms with E-state index in [4.69, 9.17) is 21.7 Å². The Labute approximate surface area is 159 Å². The standard InChI is InChI=1S/C17H17N5O4S/c1-21(2)14(23)9-5-6-10-11(7-9)18-17(27)22(15(10)24)16-19-12(25-3)8-13(20-16)26-4/h5-8H,1-4H3,(H,18,27). The maximum Gasteiger partial charge on any atom is 0.269 e. The number of methoxy groups -OCH3 is 2. The number of amides is 1. The number of benzene rings is 1. The summed E-state index contributed by atoms with van der Waals surface area (Å²) in [6.07, 6.45) is 0. The molecule has 0 radical (unpaired) electrons. The van der Waals surface area contributed by atoms with Crippen molar-refractivity contribution in [3.8, 4) is 17.7 Å². The smallest absolute Gasteiger partial charge is 0.269 e. The van der Waals surface area contributed by atoms with Crippen molar-refractivity contribution in [2.45, 2.75) is 0 Å². The van der Waals surface area contributed by atoms with Crippen molar-refractivity contribution < 1.29 is 14.3 Å². The normalized spacial score (nSPS) is 10.7. The average Bonchev–Trinajstić information content (AvgIpc) is 2.66. The van der Waals surface area contributed by atoms with Crippen LogP contribution < -0.4 is 15.0 Å². The van der Waals surface area contributed by atoms with Crippen molar-refractivity contribution in [3.05, 3.63) is 45.0 Å². The molecular formula is C17H17N5O4S. The number of hydrogen-bond donors (Lipinski definition) is 1. The molecular weight excluding hydrogens is 370 g/mol. The molecule has 140 valence electrons. The number of carbonyl (C=O) groups is 1. The van der Waals surface area contributed by atoms with Gasteiger partial charge in [-0.2, -0.15) is 9.97 Å². The topological polar surface area (TPSA) is 102 Å². The van der Waals surface area contributed by atoms with Crippen LogP contribution >= 0.6 is 12.2 Å². The van der Waals surface area contributed by atoms with Crippen molar-refractivity contribution in [1.29, 1.82) is 0 Å². The molecule has 2 aromatic heterocycles. The number of H-pyrrole nitrogens is 1. The Morgan fingerprint density at radius 2 is 1.78 bits per heavy atom. The van der Waals surface area contributed by atoms with E-state index in [-0.39, 0.29) is 28.4 Å². The Balaban J connectivity index is 2.25. The lowest BCUT2D eigenvalue weighted by Gasteiger charge is -2.12. The highest BCUT2D eigenvalue weighted by Crippen LogP contribution is 2.18. The maximum atomic E-state index is 13.0. The summed E-state index contributed by atoms with van der Waals surface area (Å²) in [6, 6.07) is 6.22. The number of hydrogen-bond acceptors (Lipinski definition) is 7. The van der Waals surface area contributed by atoms with E-state index in [0.29, 0.717) is 16.5 Å². The lowest BCUT2D eigenvalue weighted by atomic mass is 10.1. The monoisotopic (exact) mass is 387 g/mol. The summed E-state index contributed by atoms with van der Waals surface area (Å²) in [7, 11) is 6.19. The fourth-order valence-corrected chi connectivity index (χ4v) is 2.77. The molecule has 1 aromatic carbocycles. The van der Waals surface area contributed by atoms with Crippen LogP contribution in [-0.2, 0) is 0 Å². The van der Waals surface area contributed by atoms with Gasteiger partial charge in [-0.25, -0.2) is 4.57 Å². The van der Waals surface area contributed by atoms with Crippen LogP contribution in [0.4, 0.5) is 0 Å². The van der Waals surface area contributed by atoms with Crippen LogP contribution in [0, 0.1) is 4.77 Å². The van der Waals surface area contributed by atoms with E-state index in [1.807, 2.05) is 0 Å². The van der Waals surface area contributed by atoms with Crippen molar-refractivity contribution in [1.82, 2.24) is 24.4 Å². The van der Waals surface area contributed by atoms with E-state index < -0.39 is 5.56 Å². The van der Waals surface area contributed by atoms with Crippen LogP contribution in [0.25, 0.3) is 16.9 Å². The first-order chi connectivity index (χ1) is 12.8. The second-order valence-electron chi connectivity index (χ2n) is 5.78. The van der Waals surface area contributed by atoms with E-state index in [0.717, 1.165) is 4.57 Å². The molecule has 1 amide bonds. The van der Waals surface area contributed by atoms with E-state index in [2.05, 4.69) is 15.0 Å². The average molecular weight is 387 g/mol. The van der Waals surface area contributed by atoms with Gasteiger partial charge in [0.2, 0.25) is 17.7 Å². The van der Waals surface area contributed by atoms with Crippen LogP contribution in [0.2, 0.25) is 0 Å². The summed E-state index contributed by atoms with van der Waals surface area (Å²) >= 11 is 5.32. The zero-order chi connectivity index (χ0) is 19.7. The number of aromatic nitrogens is 4. The molecule has 0 aliphatic carbocycles. The molecule has 3 aromatic rings. The molecule has 0 atom stereocenters. The van der Waals surface area contributed by atoms with E-state index in [1.54, 1.807) is 32.3 Å². The van der Waals surface area contributed by atoms with Gasteiger partial charge < -0.3 is 19.4 Å². The summed E-state index contributed by atoms with van der Waals surface area (Å²) in [5.41, 5.74) is 0.464. The Hall–Kier alpha value is -3.27. The molecule has 0 saturated heterocycles. The number of nitrogens with one attached hydrogen (secondary N) is 1. The fraction of sp³-hybridized carbons (Fsp3) is 0.235. The number of nitrogens with zero attached hydrogens (tertiary/aromatic N) is 4.